The number of ether oxygens (including phenoxy) is 1. The zero-order valence-corrected chi connectivity index (χ0v) is 21.1. The Morgan fingerprint density at radius 3 is 2.34 bits per heavy atom. The van der Waals surface area contributed by atoms with E-state index in [9.17, 15) is 41.5 Å². The predicted octanol–water partition coefficient (Wildman–Crippen LogP) is 2.43. The number of nitrogens with zero attached hydrogens (tertiary/aromatic N) is 3. The van der Waals surface area contributed by atoms with E-state index in [4.69, 9.17) is 0 Å². The Balaban J connectivity index is 1.65. The number of carboxylic acids is 1. The fraction of sp³-hybridized carbons (Fsp3) is 0.333. The van der Waals surface area contributed by atoms with Gasteiger partial charge in [0.25, 0.3) is 0 Å². The van der Waals surface area contributed by atoms with Crippen molar-refractivity contribution < 1.29 is 41.0 Å². The third-order valence-electron chi connectivity index (χ3n) is 5.31. The van der Waals surface area contributed by atoms with Crippen LogP contribution in [0.5, 0.6) is 5.75 Å². The van der Waals surface area contributed by atoms with Crippen LogP contribution < -0.4 is 9.64 Å². The number of anilines is 1. The number of benzene rings is 1. The van der Waals surface area contributed by atoms with Crippen molar-refractivity contribution in [2.24, 2.45) is 5.92 Å². The van der Waals surface area contributed by atoms with Gasteiger partial charge in [-0.2, -0.15) is 0 Å². The number of hydrogen-bond acceptors (Lipinski definition) is 8. The van der Waals surface area contributed by atoms with Gasteiger partial charge in [0.2, 0.25) is 0 Å². The Bertz CT molecular complexity index is 1290. The van der Waals surface area contributed by atoms with Crippen molar-refractivity contribution in [3.63, 3.8) is 0 Å². The molecule has 186 valence electrons. The van der Waals surface area contributed by atoms with Crippen LogP contribution in [0.15, 0.2) is 35.2 Å². The summed E-state index contributed by atoms with van der Waals surface area (Å²) in [6.07, 6.45) is -4.26. The number of alkyl halides is 3. The summed E-state index contributed by atoms with van der Waals surface area (Å²) in [5.41, 5.74) is 0.254. The van der Waals surface area contributed by atoms with Crippen LogP contribution in [0.4, 0.5) is 19.0 Å². The summed E-state index contributed by atoms with van der Waals surface area (Å²) in [6.45, 7) is 2.15. The topological polar surface area (TPSA) is 138 Å². The van der Waals surface area contributed by atoms with Crippen molar-refractivity contribution in [2.45, 2.75) is 31.0 Å². The predicted molar refractivity (Wildman–Crippen MR) is 118 cm³/mol. The fourth-order valence-electron chi connectivity index (χ4n) is 3.58. The van der Waals surface area contributed by atoms with Crippen molar-refractivity contribution >= 4 is 39.1 Å². The summed E-state index contributed by atoms with van der Waals surface area (Å²) in [5, 5.41) is 18.6. The van der Waals surface area contributed by atoms with Crippen LogP contribution in [-0.2, 0) is 12.9 Å². The Labute approximate surface area is 204 Å². The number of rotatable bonds is 7. The van der Waals surface area contributed by atoms with Gasteiger partial charge in [-0.05, 0) is 0 Å². The van der Waals surface area contributed by atoms with Crippen molar-refractivity contribution in [1.82, 2.24) is 4.98 Å². The van der Waals surface area contributed by atoms with Crippen LogP contribution in [0, 0.1) is 24.2 Å². The molecular formula is C21H19AsF3N3O6S. The van der Waals surface area contributed by atoms with Gasteiger partial charge in [0, 0.05) is 0 Å². The number of carbonyl (C=O) groups excluding carboxylic acids is 1. The molecule has 3 rings (SSSR count). The molecule has 14 heteroatoms. The second kappa shape index (κ2) is 10.3. The number of carbonyl (C=O) groups is 2. The number of aromatic carboxylic acids is 1. The standard InChI is InChI=1S/C21H19AsF3N3O6S/c1-12-17(20(30)31)10-14(11-26)19(27-12)28-8-6-13(7-9-28)18(29)22-35(32,33)16-4-2-15(3-5-16)34-21(23,24)25/h2-5,10,13,22H,6-9H2,1H3,(H,30,31). The summed E-state index contributed by atoms with van der Waals surface area (Å²) in [7, 11) is -3.95. The van der Waals surface area contributed by atoms with Crippen molar-refractivity contribution in [3.05, 3.63) is 47.2 Å². The molecule has 1 saturated heterocycles. The molecule has 35 heavy (non-hydrogen) atoms. The Kier molecular flexibility index (Phi) is 7.76. The molecule has 2 heterocycles. The number of nitriles is 1. The van der Waals surface area contributed by atoms with Crippen LogP contribution in [-0.4, -0.2) is 63.1 Å². The van der Waals surface area contributed by atoms with Crippen LogP contribution >= 0.6 is 0 Å². The summed E-state index contributed by atoms with van der Waals surface area (Å²) >= 11 is -2.17. The average molecular weight is 573 g/mol. The molecule has 1 atom stereocenters. The molecule has 1 aliphatic rings. The molecule has 0 radical (unpaired) electrons. The summed E-state index contributed by atoms with van der Waals surface area (Å²) < 4.78 is 65.4. The van der Waals surface area contributed by atoms with E-state index in [1.54, 1.807) is 4.90 Å². The Hall–Kier alpha value is -3.10. The van der Waals surface area contributed by atoms with E-state index in [-0.39, 0.29) is 21.7 Å². The summed E-state index contributed by atoms with van der Waals surface area (Å²) in [5.74, 6) is -1.97. The van der Waals surface area contributed by atoms with Gasteiger partial charge in [-0.1, -0.05) is 0 Å². The zero-order valence-electron chi connectivity index (χ0n) is 18.2. The molecule has 1 aromatic heterocycles. The van der Waals surface area contributed by atoms with Crippen LogP contribution in [0.25, 0.3) is 0 Å². The first-order valence-electron chi connectivity index (χ1n) is 10.1. The molecule has 0 aliphatic carbocycles. The minimum atomic E-state index is -4.90. The van der Waals surface area contributed by atoms with Gasteiger partial charge in [0.15, 0.2) is 0 Å². The van der Waals surface area contributed by atoms with Gasteiger partial charge in [0.1, 0.15) is 0 Å². The average Bonchev–Trinajstić information content (AvgIpc) is 2.77. The molecule has 1 unspecified atom stereocenters. The quantitative estimate of drug-likeness (QED) is 0.495. The van der Waals surface area contributed by atoms with E-state index in [1.807, 2.05) is 6.07 Å². The van der Waals surface area contributed by atoms with E-state index < -0.39 is 51.3 Å². The third kappa shape index (κ3) is 6.52. The van der Waals surface area contributed by atoms with E-state index >= 15 is 0 Å². The van der Waals surface area contributed by atoms with Gasteiger partial charge in [-0.25, -0.2) is 0 Å². The first kappa shape index (κ1) is 26.5. The van der Waals surface area contributed by atoms with Gasteiger partial charge in [-0.3, -0.25) is 0 Å². The number of pyridine rings is 1. The molecule has 0 amide bonds. The van der Waals surface area contributed by atoms with Gasteiger partial charge in [-0.15, -0.1) is 0 Å². The number of hydrogen-bond donors (Lipinski definition) is 1. The monoisotopic (exact) mass is 573 g/mol. The van der Waals surface area contributed by atoms with Crippen LogP contribution in [0.1, 0.15) is 34.5 Å². The van der Waals surface area contributed by atoms with E-state index in [2.05, 4.69) is 9.72 Å². The number of piperidine rings is 1. The van der Waals surface area contributed by atoms with Gasteiger partial charge < -0.3 is 0 Å². The van der Waals surface area contributed by atoms with Crippen LogP contribution in [0.3, 0.4) is 0 Å². The second-order valence-electron chi connectivity index (χ2n) is 7.66. The summed E-state index contributed by atoms with van der Waals surface area (Å²) in [6, 6.07) is 6.91. The molecule has 0 spiro atoms. The first-order chi connectivity index (χ1) is 16.3. The fourth-order valence-corrected chi connectivity index (χ4v) is 9.54. The molecule has 0 saturated carbocycles. The van der Waals surface area contributed by atoms with E-state index in [0.29, 0.717) is 31.7 Å². The molecule has 1 aliphatic heterocycles. The second-order valence-corrected chi connectivity index (χ2v) is 15.0. The normalized spacial score (nSPS) is 15.2. The van der Waals surface area contributed by atoms with Crippen molar-refractivity contribution in [3.8, 4) is 11.8 Å². The van der Waals surface area contributed by atoms with Crippen LogP contribution in [0.2, 0.25) is 0 Å². The number of aryl methyl sites for hydroxylation is 1. The van der Waals surface area contributed by atoms with E-state index in [0.717, 1.165) is 24.3 Å². The number of aromatic nitrogens is 1. The number of halogens is 3. The minimum absolute atomic E-state index is 0.0797. The van der Waals surface area contributed by atoms with Crippen molar-refractivity contribution in [2.75, 3.05) is 18.0 Å². The molecule has 0 bridgehead atoms. The maximum absolute atomic E-state index is 12.7. The molecule has 1 N–H and O–H groups in total. The SMILES string of the molecule is Cc1nc(N2CCC(C(=O)[AsH]S(=O)(=O)c3ccc(OC(F)(F)F)cc3)CC2)c(C#N)cc1C(=O)O. The van der Waals surface area contributed by atoms with E-state index in [1.165, 1.54) is 13.0 Å². The maximum atomic E-state index is 12.7. The Morgan fingerprint density at radius 1 is 1.23 bits per heavy atom. The summed E-state index contributed by atoms with van der Waals surface area (Å²) in [4.78, 5) is 29.8. The van der Waals surface area contributed by atoms with Gasteiger partial charge >= 0.3 is 204 Å². The molecule has 1 fully saturated rings. The molecule has 2 aromatic rings. The van der Waals surface area contributed by atoms with Crippen molar-refractivity contribution in [1.29, 1.82) is 5.26 Å². The molecule has 9 nitrogen and oxygen atoms in total. The third-order valence-corrected chi connectivity index (χ3v) is 12.0. The Morgan fingerprint density at radius 2 is 1.83 bits per heavy atom. The van der Waals surface area contributed by atoms with Gasteiger partial charge in [0.05, 0.1) is 0 Å². The molecular weight excluding hydrogens is 554 g/mol. The number of carboxylic acid groups (broad SMARTS) is 1. The first-order valence-corrected chi connectivity index (χ1v) is 15.2. The zero-order chi connectivity index (χ0) is 26.0. The molecule has 1 aromatic carbocycles.